The van der Waals surface area contributed by atoms with Gasteiger partial charge in [-0.1, -0.05) is 44.0 Å². The summed E-state index contributed by atoms with van der Waals surface area (Å²) in [6.07, 6.45) is 4.19. The van der Waals surface area contributed by atoms with Crippen LogP contribution >= 0.6 is 22.9 Å². The Morgan fingerprint density at radius 1 is 1.35 bits per heavy atom. The van der Waals surface area contributed by atoms with Gasteiger partial charge in [0.05, 0.1) is 12.7 Å². The Hall–Kier alpha value is -1.85. The van der Waals surface area contributed by atoms with Gasteiger partial charge in [-0.15, -0.1) is 11.3 Å². The molecule has 0 fully saturated rings. The van der Waals surface area contributed by atoms with Crippen molar-refractivity contribution in [3.63, 3.8) is 0 Å². The Morgan fingerprint density at radius 2 is 2.04 bits per heavy atom. The second kappa shape index (κ2) is 8.23. The highest BCUT2D eigenvalue weighted by Gasteiger charge is 2.19. The van der Waals surface area contributed by atoms with Gasteiger partial charge in [0.25, 0.3) is 5.91 Å². The SMILES string of the molecule is COc1ccc(Cl)cc1C(=O)/N=c1\sc(C(C)(C)C)cn1CC=C(C)C. The van der Waals surface area contributed by atoms with Crippen molar-refractivity contribution >= 4 is 28.8 Å². The minimum atomic E-state index is -0.363. The lowest BCUT2D eigenvalue weighted by Gasteiger charge is -2.14. The fourth-order valence-corrected chi connectivity index (χ4v) is 3.45. The standard InChI is InChI=1S/C20H25ClN2O2S/c1-13(2)9-10-23-12-17(20(3,4)5)26-19(23)22-18(24)15-11-14(21)7-8-16(15)25-6/h7-9,11-12H,10H2,1-6H3/b22-19-. The molecule has 0 bridgehead atoms. The monoisotopic (exact) mass is 392 g/mol. The van der Waals surface area contributed by atoms with E-state index in [4.69, 9.17) is 16.3 Å². The van der Waals surface area contributed by atoms with E-state index in [-0.39, 0.29) is 11.3 Å². The Kier molecular flexibility index (Phi) is 6.48. The lowest BCUT2D eigenvalue weighted by molar-refractivity contribution is 0.0995. The number of halogens is 1. The van der Waals surface area contributed by atoms with Crippen LogP contribution in [-0.2, 0) is 12.0 Å². The molecule has 4 nitrogen and oxygen atoms in total. The number of methoxy groups -OCH3 is 1. The van der Waals surface area contributed by atoms with E-state index >= 15 is 0 Å². The quantitative estimate of drug-likeness (QED) is 0.670. The lowest BCUT2D eigenvalue weighted by atomic mass is 9.95. The first kappa shape index (κ1) is 20.5. The molecule has 26 heavy (non-hydrogen) atoms. The molecule has 140 valence electrons. The van der Waals surface area contributed by atoms with Crippen LogP contribution in [0.25, 0.3) is 0 Å². The summed E-state index contributed by atoms with van der Waals surface area (Å²) >= 11 is 7.57. The van der Waals surface area contributed by atoms with Crippen LogP contribution in [0.4, 0.5) is 0 Å². The lowest BCUT2D eigenvalue weighted by Crippen LogP contribution is -2.16. The molecular weight excluding hydrogens is 368 g/mol. The van der Waals surface area contributed by atoms with Crippen LogP contribution in [-0.4, -0.2) is 17.6 Å². The maximum Gasteiger partial charge on any atom is 0.283 e. The second-order valence-electron chi connectivity index (χ2n) is 7.32. The van der Waals surface area contributed by atoms with Crippen LogP contribution in [0.5, 0.6) is 5.75 Å². The third kappa shape index (κ3) is 5.08. The van der Waals surface area contributed by atoms with Crippen LogP contribution in [0.3, 0.4) is 0 Å². The van der Waals surface area contributed by atoms with Crippen molar-refractivity contribution in [3.8, 4) is 5.75 Å². The number of carbonyl (C=O) groups excluding carboxylic acids is 1. The molecule has 0 spiro atoms. The van der Waals surface area contributed by atoms with Gasteiger partial charge in [-0.25, -0.2) is 0 Å². The molecule has 1 aromatic heterocycles. The highest BCUT2D eigenvalue weighted by Crippen LogP contribution is 2.25. The van der Waals surface area contributed by atoms with E-state index < -0.39 is 0 Å². The molecule has 2 rings (SSSR count). The normalized spacial score (nSPS) is 12.2. The predicted molar refractivity (Wildman–Crippen MR) is 108 cm³/mol. The largest absolute Gasteiger partial charge is 0.496 e. The summed E-state index contributed by atoms with van der Waals surface area (Å²) in [6.45, 7) is 11.2. The number of aromatic nitrogens is 1. The molecule has 1 aromatic carbocycles. The molecule has 0 aliphatic rings. The van der Waals surface area contributed by atoms with E-state index in [1.807, 2.05) is 4.57 Å². The zero-order valence-corrected chi connectivity index (χ0v) is 17.7. The van der Waals surface area contributed by atoms with Gasteiger partial charge in [-0.2, -0.15) is 4.99 Å². The van der Waals surface area contributed by atoms with Crippen molar-refractivity contribution in [1.29, 1.82) is 0 Å². The number of ether oxygens (including phenoxy) is 1. The van der Waals surface area contributed by atoms with Crippen molar-refractivity contribution in [2.24, 2.45) is 4.99 Å². The molecule has 0 saturated heterocycles. The minimum Gasteiger partial charge on any atom is -0.496 e. The maximum absolute atomic E-state index is 12.8. The Bertz CT molecular complexity index is 897. The molecule has 1 heterocycles. The van der Waals surface area contributed by atoms with Gasteiger partial charge in [0, 0.05) is 22.6 Å². The first-order valence-corrected chi connectivity index (χ1v) is 9.58. The number of hydrogen-bond acceptors (Lipinski definition) is 3. The third-order valence-electron chi connectivity index (χ3n) is 3.74. The summed E-state index contributed by atoms with van der Waals surface area (Å²) in [5.41, 5.74) is 1.57. The van der Waals surface area contributed by atoms with E-state index in [0.29, 0.717) is 27.7 Å². The van der Waals surface area contributed by atoms with Crippen LogP contribution in [0.1, 0.15) is 49.9 Å². The minimum absolute atomic E-state index is 0.0120. The van der Waals surface area contributed by atoms with Gasteiger partial charge in [0.15, 0.2) is 4.80 Å². The van der Waals surface area contributed by atoms with Gasteiger partial charge in [0.1, 0.15) is 5.75 Å². The molecule has 0 unspecified atom stereocenters. The number of nitrogens with zero attached hydrogens (tertiary/aromatic N) is 2. The van der Waals surface area contributed by atoms with Crippen LogP contribution in [0.2, 0.25) is 5.02 Å². The number of allylic oxidation sites excluding steroid dienone is 2. The molecule has 0 aliphatic heterocycles. The van der Waals surface area contributed by atoms with Crippen molar-refractivity contribution in [1.82, 2.24) is 4.57 Å². The van der Waals surface area contributed by atoms with Gasteiger partial charge < -0.3 is 9.30 Å². The summed E-state index contributed by atoms with van der Waals surface area (Å²) in [5.74, 6) is 0.101. The van der Waals surface area contributed by atoms with Crippen molar-refractivity contribution in [3.05, 3.63) is 56.3 Å². The fourth-order valence-electron chi connectivity index (χ4n) is 2.22. The second-order valence-corrected chi connectivity index (χ2v) is 8.77. The van der Waals surface area contributed by atoms with Crippen molar-refractivity contribution in [2.75, 3.05) is 7.11 Å². The van der Waals surface area contributed by atoms with E-state index in [0.717, 1.165) is 0 Å². The van der Waals surface area contributed by atoms with Crippen molar-refractivity contribution < 1.29 is 9.53 Å². The molecular formula is C20H25ClN2O2S. The Morgan fingerprint density at radius 3 is 2.62 bits per heavy atom. The number of amides is 1. The van der Waals surface area contributed by atoms with Crippen molar-refractivity contribution in [2.45, 2.75) is 46.6 Å². The Labute approximate surface area is 163 Å². The summed E-state index contributed by atoms with van der Waals surface area (Å²) in [5, 5.41) is 0.475. The average Bonchev–Trinajstić information content (AvgIpc) is 2.96. The highest BCUT2D eigenvalue weighted by atomic mass is 35.5. The highest BCUT2D eigenvalue weighted by molar-refractivity contribution is 7.09. The summed E-state index contributed by atoms with van der Waals surface area (Å²) in [6, 6.07) is 4.96. The zero-order chi connectivity index (χ0) is 19.5. The van der Waals surface area contributed by atoms with E-state index in [9.17, 15) is 4.79 Å². The molecule has 0 radical (unpaired) electrons. The molecule has 0 saturated carbocycles. The van der Waals surface area contributed by atoms with Gasteiger partial charge in [-0.3, -0.25) is 4.79 Å². The molecule has 0 atom stereocenters. The van der Waals surface area contributed by atoms with E-state index in [1.165, 1.54) is 28.9 Å². The summed E-state index contributed by atoms with van der Waals surface area (Å²) < 4.78 is 7.28. The predicted octanol–water partition coefficient (Wildman–Crippen LogP) is 5.22. The topological polar surface area (TPSA) is 43.6 Å². The molecule has 0 aliphatic carbocycles. The summed E-state index contributed by atoms with van der Waals surface area (Å²) in [7, 11) is 1.53. The van der Waals surface area contributed by atoms with Gasteiger partial charge >= 0.3 is 0 Å². The fraction of sp³-hybridized carbons (Fsp3) is 0.400. The number of carbonyl (C=O) groups is 1. The molecule has 6 heteroatoms. The smallest absolute Gasteiger partial charge is 0.283 e. The summed E-state index contributed by atoms with van der Waals surface area (Å²) in [4.78, 5) is 19.0. The zero-order valence-electron chi connectivity index (χ0n) is 16.1. The van der Waals surface area contributed by atoms with E-state index in [1.54, 1.807) is 18.2 Å². The third-order valence-corrected chi connectivity index (χ3v) is 5.43. The van der Waals surface area contributed by atoms with E-state index in [2.05, 4.69) is 51.9 Å². The van der Waals surface area contributed by atoms with Gasteiger partial charge in [0.2, 0.25) is 0 Å². The number of hydrogen-bond donors (Lipinski definition) is 0. The number of thiazole rings is 1. The molecule has 0 N–H and O–H groups in total. The Balaban J connectivity index is 2.55. The first-order valence-electron chi connectivity index (χ1n) is 8.38. The maximum atomic E-state index is 12.8. The number of rotatable bonds is 4. The van der Waals surface area contributed by atoms with Crippen LogP contribution in [0, 0.1) is 0 Å². The van der Waals surface area contributed by atoms with Gasteiger partial charge in [-0.05, 0) is 37.5 Å². The number of benzene rings is 1. The molecule has 1 amide bonds. The first-order chi connectivity index (χ1) is 12.1. The average molecular weight is 393 g/mol. The molecule has 2 aromatic rings. The van der Waals surface area contributed by atoms with Crippen LogP contribution < -0.4 is 9.54 Å². The van der Waals surface area contributed by atoms with Crippen LogP contribution in [0.15, 0.2) is 41.0 Å².